The Balaban J connectivity index is 3.78. The molecule has 0 saturated carbocycles. The third-order valence-corrected chi connectivity index (χ3v) is 1.80. The zero-order chi connectivity index (χ0) is 8.91. The summed E-state index contributed by atoms with van der Waals surface area (Å²) in [6, 6.07) is 0. The average Bonchev–Trinajstić information content (AvgIpc) is 2.00. The predicted molar refractivity (Wildman–Crippen MR) is 41.4 cm³/mol. The van der Waals surface area contributed by atoms with Crippen LogP contribution in [0.25, 0.3) is 0 Å². The lowest BCUT2D eigenvalue weighted by Gasteiger charge is -2.26. The molecule has 4 nitrogen and oxygen atoms in total. The number of hydrogen-bond donors (Lipinski definition) is 3. The van der Waals surface area contributed by atoms with Crippen molar-refractivity contribution in [3.63, 3.8) is 0 Å². The zero-order valence-corrected chi connectivity index (χ0v) is 6.92. The van der Waals surface area contributed by atoms with E-state index in [0.29, 0.717) is 6.42 Å². The molecule has 66 valence electrons. The van der Waals surface area contributed by atoms with Gasteiger partial charge in [0.1, 0.15) is 0 Å². The summed E-state index contributed by atoms with van der Waals surface area (Å²) in [7, 11) is 0. The molecule has 4 heteroatoms. The minimum Gasteiger partial charge on any atom is -0.480 e. The van der Waals surface area contributed by atoms with Gasteiger partial charge in [0.25, 0.3) is 0 Å². The summed E-state index contributed by atoms with van der Waals surface area (Å²) in [4.78, 5) is 10.1. The summed E-state index contributed by atoms with van der Waals surface area (Å²) in [5.41, 5.74) is -0.460. The largest absolute Gasteiger partial charge is 0.480 e. The van der Waals surface area contributed by atoms with E-state index in [0.717, 1.165) is 0 Å². The van der Waals surface area contributed by atoms with E-state index in [2.05, 4.69) is 5.32 Å². The second-order valence-corrected chi connectivity index (χ2v) is 2.82. The number of hydrogen-bond acceptors (Lipinski definition) is 3. The highest BCUT2D eigenvalue weighted by atomic mass is 16.4. The molecule has 1 atom stereocenters. The molecule has 11 heavy (non-hydrogen) atoms. The van der Waals surface area contributed by atoms with Crippen LogP contribution in [0, 0.1) is 0 Å². The predicted octanol–water partition coefficient (Wildman–Crippen LogP) is -0.178. The van der Waals surface area contributed by atoms with Crippen molar-refractivity contribution in [2.75, 3.05) is 13.2 Å². The van der Waals surface area contributed by atoms with E-state index >= 15 is 0 Å². The normalized spacial score (nSPS) is 15.9. The Morgan fingerprint density at radius 1 is 1.64 bits per heavy atom. The van der Waals surface area contributed by atoms with E-state index < -0.39 is 11.5 Å². The molecule has 0 aromatic carbocycles. The fourth-order valence-corrected chi connectivity index (χ4v) is 0.582. The van der Waals surface area contributed by atoms with Crippen molar-refractivity contribution >= 4 is 5.97 Å². The van der Waals surface area contributed by atoms with Crippen LogP contribution < -0.4 is 5.32 Å². The third-order valence-electron chi connectivity index (χ3n) is 1.80. The minimum atomic E-state index is -0.905. The second-order valence-electron chi connectivity index (χ2n) is 2.82. The Hall–Kier alpha value is -0.610. The zero-order valence-electron chi connectivity index (χ0n) is 6.92. The maximum absolute atomic E-state index is 10.1. The van der Waals surface area contributed by atoms with Crippen LogP contribution in [0.3, 0.4) is 0 Å². The number of aliphatic carboxylic acids is 1. The maximum Gasteiger partial charge on any atom is 0.317 e. The van der Waals surface area contributed by atoms with Gasteiger partial charge in [0.2, 0.25) is 0 Å². The number of rotatable bonds is 5. The monoisotopic (exact) mass is 161 g/mol. The molecule has 3 N–H and O–H groups in total. The molecule has 0 radical (unpaired) electrons. The first-order chi connectivity index (χ1) is 5.04. The number of nitrogens with one attached hydrogen (secondary N) is 1. The number of carboxylic acids is 1. The van der Waals surface area contributed by atoms with Crippen molar-refractivity contribution in [2.24, 2.45) is 0 Å². The first kappa shape index (κ1) is 10.4. The van der Waals surface area contributed by atoms with Crippen LogP contribution in [-0.4, -0.2) is 34.9 Å². The Morgan fingerprint density at radius 2 is 2.18 bits per heavy atom. The Labute approximate surface area is 66.2 Å². The van der Waals surface area contributed by atoms with Crippen LogP contribution in [0.4, 0.5) is 0 Å². The quantitative estimate of drug-likeness (QED) is 0.523. The van der Waals surface area contributed by atoms with Crippen LogP contribution in [0.5, 0.6) is 0 Å². The van der Waals surface area contributed by atoms with Crippen molar-refractivity contribution in [3.05, 3.63) is 0 Å². The van der Waals surface area contributed by atoms with Crippen LogP contribution in [0.2, 0.25) is 0 Å². The van der Waals surface area contributed by atoms with Gasteiger partial charge in [0, 0.05) is 5.54 Å². The Kier molecular flexibility index (Phi) is 4.07. The van der Waals surface area contributed by atoms with Crippen LogP contribution in [0.1, 0.15) is 20.3 Å². The number of aliphatic hydroxyl groups is 1. The topological polar surface area (TPSA) is 69.6 Å². The lowest BCUT2D eigenvalue weighted by molar-refractivity contribution is -0.136. The van der Waals surface area contributed by atoms with Crippen LogP contribution in [0.15, 0.2) is 0 Å². The molecule has 0 aliphatic rings. The Morgan fingerprint density at radius 3 is 2.45 bits per heavy atom. The van der Waals surface area contributed by atoms with E-state index in [9.17, 15) is 4.79 Å². The smallest absolute Gasteiger partial charge is 0.317 e. The standard InChI is InChI=1S/C7H15NO3/c1-3-7(2,5-9)8-4-6(10)11/h8-9H,3-5H2,1-2H3,(H,10,11). The van der Waals surface area contributed by atoms with Gasteiger partial charge in [-0.2, -0.15) is 0 Å². The average molecular weight is 161 g/mol. The summed E-state index contributed by atoms with van der Waals surface area (Å²) in [6.45, 7) is 3.53. The first-order valence-electron chi connectivity index (χ1n) is 3.62. The van der Waals surface area contributed by atoms with Gasteiger partial charge in [-0.15, -0.1) is 0 Å². The van der Waals surface area contributed by atoms with E-state index in [1.807, 2.05) is 6.92 Å². The van der Waals surface area contributed by atoms with Crippen molar-refractivity contribution in [3.8, 4) is 0 Å². The highest BCUT2D eigenvalue weighted by Gasteiger charge is 2.20. The molecule has 0 aromatic rings. The lowest BCUT2D eigenvalue weighted by Crippen LogP contribution is -2.47. The molecule has 0 aromatic heterocycles. The van der Waals surface area contributed by atoms with E-state index in [1.54, 1.807) is 6.92 Å². The molecule has 0 aliphatic heterocycles. The first-order valence-corrected chi connectivity index (χ1v) is 3.62. The summed E-state index contributed by atoms with van der Waals surface area (Å²) < 4.78 is 0. The molecule has 0 amide bonds. The van der Waals surface area contributed by atoms with Crippen molar-refractivity contribution in [1.29, 1.82) is 0 Å². The molecular formula is C7H15NO3. The van der Waals surface area contributed by atoms with E-state index in [4.69, 9.17) is 10.2 Å². The van der Waals surface area contributed by atoms with Gasteiger partial charge in [0.15, 0.2) is 0 Å². The highest BCUT2D eigenvalue weighted by Crippen LogP contribution is 2.06. The van der Waals surface area contributed by atoms with Gasteiger partial charge in [-0.1, -0.05) is 6.92 Å². The molecule has 1 unspecified atom stereocenters. The van der Waals surface area contributed by atoms with E-state index in [-0.39, 0.29) is 13.2 Å². The maximum atomic E-state index is 10.1. The number of aliphatic hydroxyl groups excluding tert-OH is 1. The van der Waals surface area contributed by atoms with Crippen molar-refractivity contribution in [2.45, 2.75) is 25.8 Å². The fourth-order valence-electron chi connectivity index (χ4n) is 0.582. The molecule has 0 saturated heterocycles. The van der Waals surface area contributed by atoms with Crippen molar-refractivity contribution in [1.82, 2.24) is 5.32 Å². The van der Waals surface area contributed by atoms with Gasteiger partial charge in [0.05, 0.1) is 13.2 Å². The van der Waals surface area contributed by atoms with Crippen LogP contribution in [-0.2, 0) is 4.79 Å². The summed E-state index contributed by atoms with van der Waals surface area (Å²) in [5.74, 6) is -0.905. The van der Waals surface area contributed by atoms with Gasteiger partial charge < -0.3 is 10.2 Å². The minimum absolute atomic E-state index is 0.0449. The van der Waals surface area contributed by atoms with Crippen molar-refractivity contribution < 1.29 is 15.0 Å². The molecule has 0 spiro atoms. The molecule has 0 rings (SSSR count). The molecular weight excluding hydrogens is 146 g/mol. The highest BCUT2D eigenvalue weighted by molar-refractivity contribution is 5.69. The summed E-state index contributed by atoms with van der Waals surface area (Å²) >= 11 is 0. The number of carboxylic acid groups (broad SMARTS) is 1. The molecule has 0 heterocycles. The lowest BCUT2D eigenvalue weighted by atomic mass is 10.0. The molecule has 0 bridgehead atoms. The molecule has 0 aliphatic carbocycles. The van der Waals surface area contributed by atoms with Gasteiger partial charge >= 0.3 is 5.97 Å². The van der Waals surface area contributed by atoms with Gasteiger partial charge in [-0.25, -0.2) is 0 Å². The van der Waals surface area contributed by atoms with E-state index in [1.165, 1.54) is 0 Å². The second kappa shape index (κ2) is 4.31. The number of carbonyl (C=O) groups is 1. The van der Waals surface area contributed by atoms with Gasteiger partial charge in [-0.05, 0) is 13.3 Å². The summed E-state index contributed by atoms with van der Waals surface area (Å²) in [6.07, 6.45) is 0.705. The fraction of sp³-hybridized carbons (Fsp3) is 0.857. The SMILES string of the molecule is CCC(C)(CO)NCC(=O)O. The van der Waals surface area contributed by atoms with Gasteiger partial charge in [-0.3, -0.25) is 10.1 Å². The Bertz CT molecular complexity index is 132. The molecule has 0 fully saturated rings. The third kappa shape index (κ3) is 3.95. The van der Waals surface area contributed by atoms with Crippen LogP contribution >= 0.6 is 0 Å². The summed E-state index contributed by atoms with van der Waals surface area (Å²) in [5, 5.41) is 19.9.